The Morgan fingerprint density at radius 1 is 1.24 bits per heavy atom. The van der Waals surface area contributed by atoms with Crippen molar-refractivity contribution in [1.29, 1.82) is 0 Å². The van der Waals surface area contributed by atoms with Gasteiger partial charge in [0, 0.05) is 11.4 Å². The molecule has 5 heteroatoms. The molecule has 0 bridgehead atoms. The number of hydrogen-bond acceptors (Lipinski definition) is 5. The molecule has 2 aromatic heterocycles. The molecule has 1 unspecified atom stereocenters. The summed E-state index contributed by atoms with van der Waals surface area (Å²) in [6, 6.07) is 0. The third-order valence-corrected chi connectivity index (χ3v) is 5.10. The first kappa shape index (κ1) is 14.7. The maximum Gasteiger partial charge on any atom is 0.225 e. The second-order valence-corrected chi connectivity index (χ2v) is 7.20. The molecule has 1 aliphatic rings. The van der Waals surface area contributed by atoms with Crippen LogP contribution in [0.2, 0.25) is 0 Å². The van der Waals surface area contributed by atoms with Crippen molar-refractivity contribution in [2.45, 2.75) is 45.1 Å². The Kier molecular flexibility index (Phi) is 4.40. The van der Waals surface area contributed by atoms with E-state index in [2.05, 4.69) is 35.9 Å². The molecule has 114 valence electrons. The maximum atomic E-state index is 6.12. The van der Waals surface area contributed by atoms with Crippen molar-refractivity contribution >= 4 is 21.6 Å². The van der Waals surface area contributed by atoms with E-state index in [1.807, 2.05) is 11.3 Å². The highest BCUT2D eigenvalue weighted by molar-refractivity contribution is 7.18. The van der Waals surface area contributed by atoms with Gasteiger partial charge in [0.15, 0.2) is 0 Å². The zero-order valence-corrected chi connectivity index (χ0v) is 13.9. The molecule has 0 amide bonds. The van der Waals surface area contributed by atoms with E-state index in [4.69, 9.17) is 4.74 Å². The molecule has 0 saturated heterocycles. The zero-order chi connectivity index (χ0) is 14.8. The fourth-order valence-electron chi connectivity index (χ4n) is 3.07. The topological polar surface area (TPSA) is 38.2 Å². The predicted molar refractivity (Wildman–Crippen MR) is 87.3 cm³/mol. The summed E-state index contributed by atoms with van der Waals surface area (Å²) in [7, 11) is 4.12. The van der Waals surface area contributed by atoms with Gasteiger partial charge in [0.1, 0.15) is 17.3 Å². The summed E-state index contributed by atoms with van der Waals surface area (Å²) >= 11 is 1.83. The first-order chi connectivity index (χ1) is 10.1. The summed E-state index contributed by atoms with van der Waals surface area (Å²) < 4.78 is 6.12. The minimum atomic E-state index is 0.124. The van der Waals surface area contributed by atoms with Crippen LogP contribution < -0.4 is 4.74 Å². The van der Waals surface area contributed by atoms with Crippen LogP contribution in [0.3, 0.4) is 0 Å². The third kappa shape index (κ3) is 3.19. The molecule has 0 radical (unpaired) electrons. The summed E-state index contributed by atoms with van der Waals surface area (Å²) in [4.78, 5) is 13.6. The van der Waals surface area contributed by atoms with Crippen molar-refractivity contribution in [1.82, 2.24) is 14.9 Å². The maximum absolute atomic E-state index is 6.12. The number of aromatic nitrogens is 2. The Labute approximate surface area is 130 Å². The highest BCUT2D eigenvalue weighted by atomic mass is 32.1. The van der Waals surface area contributed by atoms with E-state index >= 15 is 0 Å². The van der Waals surface area contributed by atoms with Gasteiger partial charge in [0.05, 0.1) is 5.39 Å². The lowest BCUT2D eigenvalue weighted by atomic mass is 10.1. The number of ether oxygens (including phenoxy) is 1. The lowest BCUT2D eigenvalue weighted by molar-refractivity contribution is 0.172. The minimum Gasteiger partial charge on any atom is -0.473 e. The summed E-state index contributed by atoms with van der Waals surface area (Å²) in [5.41, 5.74) is 1.44. The predicted octanol–water partition coefficient (Wildman–Crippen LogP) is 3.29. The van der Waals surface area contributed by atoms with E-state index in [1.165, 1.54) is 41.5 Å². The molecule has 2 aromatic rings. The normalized spacial score (nSPS) is 16.8. The molecule has 0 aromatic carbocycles. The van der Waals surface area contributed by atoms with Gasteiger partial charge in [-0.1, -0.05) is 6.42 Å². The Balaban J connectivity index is 1.96. The van der Waals surface area contributed by atoms with Crippen LogP contribution in [-0.4, -0.2) is 41.6 Å². The molecule has 0 N–H and O–H groups in total. The van der Waals surface area contributed by atoms with Crippen LogP contribution in [-0.2, 0) is 12.8 Å². The summed E-state index contributed by atoms with van der Waals surface area (Å²) in [6.07, 6.45) is 7.96. The van der Waals surface area contributed by atoms with Crippen LogP contribution in [0.25, 0.3) is 10.2 Å². The first-order valence-corrected chi connectivity index (χ1v) is 8.53. The average molecular weight is 305 g/mol. The summed E-state index contributed by atoms with van der Waals surface area (Å²) in [5, 5.41) is 1.17. The van der Waals surface area contributed by atoms with Gasteiger partial charge in [-0.3, -0.25) is 0 Å². The lowest BCUT2D eigenvalue weighted by Crippen LogP contribution is -2.28. The SMILES string of the molecule is CC(CN(C)C)Oc1ncnc2sc3c(c12)CCCCC3. The zero-order valence-electron chi connectivity index (χ0n) is 13.1. The molecule has 0 fully saturated rings. The monoisotopic (exact) mass is 305 g/mol. The van der Waals surface area contributed by atoms with Crippen molar-refractivity contribution in [2.24, 2.45) is 0 Å². The Bertz CT molecular complexity index is 623. The van der Waals surface area contributed by atoms with E-state index in [0.717, 1.165) is 23.7 Å². The number of thiophene rings is 1. The first-order valence-electron chi connectivity index (χ1n) is 7.72. The van der Waals surface area contributed by atoms with Crippen LogP contribution >= 0.6 is 11.3 Å². The van der Waals surface area contributed by atoms with E-state index in [-0.39, 0.29) is 6.10 Å². The molecule has 1 atom stereocenters. The van der Waals surface area contributed by atoms with Crippen molar-refractivity contribution in [2.75, 3.05) is 20.6 Å². The van der Waals surface area contributed by atoms with Crippen molar-refractivity contribution in [3.8, 4) is 5.88 Å². The van der Waals surface area contributed by atoms with Crippen LogP contribution in [0.15, 0.2) is 6.33 Å². The fourth-order valence-corrected chi connectivity index (χ4v) is 4.29. The number of fused-ring (bicyclic) bond motifs is 3. The number of likely N-dealkylation sites (N-methyl/N-ethyl adjacent to an activating group) is 1. The van der Waals surface area contributed by atoms with Gasteiger partial charge < -0.3 is 9.64 Å². The van der Waals surface area contributed by atoms with Gasteiger partial charge in [0.2, 0.25) is 5.88 Å². The van der Waals surface area contributed by atoms with Crippen molar-refractivity contribution in [3.05, 3.63) is 16.8 Å². The molecule has 21 heavy (non-hydrogen) atoms. The van der Waals surface area contributed by atoms with Crippen LogP contribution in [0, 0.1) is 0 Å². The minimum absolute atomic E-state index is 0.124. The Morgan fingerprint density at radius 2 is 2.05 bits per heavy atom. The van der Waals surface area contributed by atoms with Gasteiger partial charge >= 0.3 is 0 Å². The smallest absolute Gasteiger partial charge is 0.225 e. The van der Waals surface area contributed by atoms with Crippen LogP contribution in [0.1, 0.15) is 36.6 Å². The standard InChI is InChI=1S/C16H23N3OS/c1-11(9-19(2)3)20-15-14-12-7-5-4-6-8-13(12)21-16(14)18-10-17-15/h10-11H,4-9H2,1-3H3. The second kappa shape index (κ2) is 6.28. The molecule has 0 aliphatic heterocycles. The number of hydrogen-bond donors (Lipinski definition) is 0. The van der Waals surface area contributed by atoms with E-state index < -0.39 is 0 Å². The summed E-state index contributed by atoms with van der Waals surface area (Å²) in [6.45, 7) is 2.98. The molecular weight excluding hydrogens is 282 g/mol. The van der Waals surface area contributed by atoms with Gasteiger partial charge in [-0.2, -0.15) is 0 Å². The number of aryl methyl sites for hydroxylation is 2. The molecular formula is C16H23N3OS. The molecule has 1 aliphatic carbocycles. The van der Waals surface area contributed by atoms with Crippen molar-refractivity contribution in [3.63, 3.8) is 0 Å². The van der Waals surface area contributed by atoms with Gasteiger partial charge in [-0.15, -0.1) is 11.3 Å². The highest BCUT2D eigenvalue weighted by Gasteiger charge is 2.20. The van der Waals surface area contributed by atoms with Gasteiger partial charge in [-0.25, -0.2) is 9.97 Å². The molecule has 4 nitrogen and oxygen atoms in total. The Morgan fingerprint density at radius 3 is 2.86 bits per heavy atom. The van der Waals surface area contributed by atoms with E-state index in [0.29, 0.717) is 0 Å². The summed E-state index contributed by atoms with van der Waals surface area (Å²) in [5.74, 6) is 0.772. The Hall–Kier alpha value is -1.20. The number of rotatable bonds is 4. The lowest BCUT2D eigenvalue weighted by Gasteiger charge is -2.18. The van der Waals surface area contributed by atoms with Gasteiger partial charge in [0.25, 0.3) is 0 Å². The highest BCUT2D eigenvalue weighted by Crippen LogP contribution is 2.38. The molecule has 3 rings (SSSR count). The molecule has 2 heterocycles. The largest absolute Gasteiger partial charge is 0.473 e. The number of nitrogens with zero attached hydrogens (tertiary/aromatic N) is 3. The quantitative estimate of drug-likeness (QED) is 0.813. The van der Waals surface area contributed by atoms with Crippen LogP contribution in [0.4, 0.5) is 0 Å². The second-order valence-electron chi connectivity index (χ2n) is 6.11. The van der Waals surface area contributed by atoms with Gasteiger partial charge in [-0.05, 0) is 52.3 Å². The average Bonchev–Trinajstić information content (AvgIpc) is 2.61. The third-order valence-electron chi connectivity index (χ3n) is 3.90. The molecule has 0 saturated carbocycles. The van der Waals surface area contributed by atoms with E-state index in [1.54, 1.807) is 6.33 Å². The fraction of sp³-hybridized carbons (Fsp3) is 0.625. The van der Waals surface area contributed by atoms with Crippen LogP contribution in [0.5, 0.6) is 5.88 Å². The van der Waals surface area contributed by atoms with E-state index in [9.17, 15) is 0 Å². The molecule has 0 spiro atoms. The van der Waals surface area contributed by atoms with Crippen molar-refractivity contribution < 1.29 is 4.74 Å².